The first-order valence-electron chi connectivity index (χ1n) is 8.03. The Morgan fingerprint density at radius 3 is 1.68 bits per heavy atom. The van der Waals surface area contributed by atoms with Crippen molar-refractivity contribution in [3.05, 3.63) is 98.4 Å². The SMILES string of the molecule is OCCOc1c(Br)cc(C(c2ccccc2)c2ccccc2)cc1Br. The molecule has 0 amide bonds. The van der Waals surface area contributed by atoms with Gasteiger partial charge in [-0.25, -0.2) is 0 Å². The van der Waals surface area contributed by atoms with Gasteiger partial charge in [0, 0.05) is 5.92 Å². The summed E-state index contributed by atoms with van der Waals surface area (Å²) in [5.74, 6) is 0.833. The van der Waals surface area contributed by atoms with Gasteiger partial charge in [-0.05, 0) is 60.7 Å². The standard InChI is InChI=1S/C21H18Br2O2/c22-18-13-17(14-19(23)21(18)25-12-11-24)20(15-7-3-1-4-8-15)16-9-5-2-6-10-16/h1-10,13-14,20,24H,11-12H2. The molecule has 0 bridgehead atoms. The van der Waals surface area contributed by atoms with Crippen LogP contribution in [0.1, 0.15) is 22.6 Å². The second kappa shape index (κ2) is 8.65. The van der Waals surface area contributed by atoms with Crippen LogP contribution in [0.15, 0.2) is 81.7 Å². The Morgan fingerprint density at radius 1 is 0.760 bits per heavy atom. The van der Waals surface area contributed by atoms with Gasteiger partial charge in [0.05, 0.1) is 15.6 Å². The van der Waals surface area contributed by atoms with Gasteiger partial charge < -0.3 is 9.84 Å². The number of halogens is 2. The van der Waals surface area contributed by atoms with E-state index in [1.807, 2.05) is 12.1 Å². The van der Waals surface area contributed by atoms with Crippen LogP contribution in [0.5, 0.6) is 5.75 Å². The number of ether oxygens (including phenoxy) is 1. The molecule has 0 unspecified atom stereocenters. The maximum atomic E-state index is 8.99. The Bertz CT molecular complexity index is 757. The molecular weight excluding hydrogens is 444 g/mol. The minimum Gasteiger partial charge on any atom is -0.489 e. The van der Waals surface area contributed by atoms with Crippen molar-refractivity contribution in [2.24, 2.45) is 0 Å². The normalized spacial score (nSPS) is 10.9. The van der Waals surface area contributed by atoms with Crippen molar-refractivity contribution in [2.45, 2.75) is 5.92 Å². The van der Waals surface area contributed by atoms with Gasteiger partial charge in [0.25, 0.3) is 0 Å². The summed E-state index contributed by atoms with van der Waals surface area (Å²) in [6.07, 6.45) is 0. The molecule has 0 aliphatic carbocycles. The van der Waals surface area contributed by atoms with Crippen molar-refractivity contribution in [3.63, 3.8) is 0 Å². The maximum absolute atomic E-state index is 8.99. The van der Waals surface area contributed by atoms with E-state index in [0.717, 1.165) is 14.5 Å². The van der Waals surface area contributed by atoms with Gasteiger partial charge in [0.15, 0.2) is 0 Å². The predicted octanol–water partition coefficient (Wildman–Crippen LogP) is 5.76. The predicted molar refractivity (Wildman–Crippen MR) is 108 cm³/mol. The van der Waals surface area contributed by atoms with Gasteiger partial charge in [-0.2, -0.15) is 0 Å². The molecule has 3 aromatic rings. The highest BCUT2D eigenvalue weighted by Crippen LogP contribution is 2.40. The Morgan fingerprint density at radius 2 is 1.24 bits per heavy atom. The van der Waals surface area contributed by atoms with Crippen molar-refractivity contribution in [3.8, 4) is 5.75 Å². The quantitative estimate of drug-likeness (QED) is 0.472. The molecule has 2 nitrogen and oxygen atoms in total. The zero-order valence-corrected chi connectivity index (χ0v) is 16.7. The van der Waals surface area contributed by atoms with E-state index < -0.39 is 0 Å². The molecule has 0 aliphatic heterocycles. The molecule has 0 radical (unpaired) electrons. The lowest BCUT2D eigenvalue weighted by atomic mass is 9.85. The first-order chi connectivity index (χ1) is 12.2. The minimum absolute atomic E-state index is 0.0166. The summed E-state index contributed by atoms with van der Waals surface area (Å²) in [5.41, 5.74) is 3.63. The largest absolute Gasteiger partial charge is 0.489 e. The fourth-order valence-electron chi connectivity index (χ4n) is 2.90. The topological polar surface area (TPSA) is 29.5 Å². The molecule has 0 spiro atoms. The lowest BCUT2D eigenvalue weighted by Crippen LogP contribution is -2.06. The molecule has 25 heavy (non-hydrogen) atoms. The molecule has 128 valence electrons. The van der Waals surface area contributed by atoms with Gasteiger partial charge in [0.2, 0.25) is 0 Å². The second-order valence-electron chi connectivity index (χ2n) is 5.64. The van der Waals surface area contributed by atoms with E-state index in [-0.39, 0.29) is 19.1 Å². The molecule has 0 saturated heterocycles. The highest BCUT2D eigenvalue weighted by atomic mass is 79.9. The lowest BCUT2D eigenvalue weighted by molar-refractivity contribution is 0.200. The highest BCUT2D eigenvalue weighted by Gasteiger charge is 2.19. The summed E-state index contributed by atoms with van der Waals surface area (Å²) < 4.78 is 7.35. The first-order valence-corrected chi connectivity index (χ1v) is 9.62. The number of hydrogen-bond acceptors (Lipinski definition) is 2. The van der Waals surface area contributed by atoms with Crippen molar-refractivity contribution in [1.82, 2.24) is 0 Å². The van der Waals surface area contributed by atoms with E-state index >= 15 is 0 Å². The molecular formula is C21H18Br2O2. The highest BCUT2D eigenvalue weighted by molar-refractivity contribution is 9.11. The molecule has 0 heterocycles. The number of aliphatic hydroxyl groups excluding tert-OH is 1. The average Bonchev–Trinajstić information content (AvgIpc) is 2.63. The van der Waals surface area contributed by atoms with Gasteiger partial charge in [0.1, 0.15) is 12.4 Å². The number of hydrogen-bond donors (Lipinski definition) is 1. The van der Waals surface area contributed by atoms with E-state index in [2.05, 4.69) is 92.5 Å². The molecule has 3 aromatic carbocycles. The van der Waals surface area contributed by atoms with Crippen LogP contribution in [0.2, 0.25) is 0 Å². The summed E-state index contributed by atoms with van der Waals surface area (Å²) in [5, 5.41) is 8.99. The molecule has 0 atom stereocenters. The van der Waals surface area contributed by atoms with Gasteiger partial charge >= 0.3 is 0 Å². The van der Waals surface area contributed by atoms with Crippen LogP contribution >= 0.6 is 31.9 Å². The second-order valence-corrected chi connectivity index (χ2v) is 7.35. The van der Waals surface area contributed by atoms with Gasteiger partial charge in [-0.3, -0.25) is 0 Å². The lowest BCUT2D eigenvalue weighted by Gasteiger charge is -2.21. The summed E-state index contributed by atoms with van der Waals surface area (Å²) in [7, 11) is 0. The Kier molecular flexibility index (Phi) is 6.29. The number of aliphatic hydroxyl groups is 1. The summed E-state index contributed by atoms with van der Waals surface area (Å²) in [6, 6.07) is 25.1. The van der Waals surface area contributed by atoms with Crippen LogP contribution < -0.4 is 4.74 Å². The summed E-state index contributed by atoms with van der Waals surface area (Å²) in [6.45, 7) is 0.245. The Hall–Kier alpha value is -1.62. The number of benzene rings is 3. The van der Waals surface area contributed by atoms with Crippen LogP contribution in [0, 0.1) is 0 Å². The van der Waals surface area contributed by atoms with Crippen LogP contribution in [0.4, 0.5) is 0 Å². The molecule has 1 N–H and O–H groups in total. The monoisotopic (exact) mass is 460 g/mol. The molecule has 0 aliphatic rings. The van der Waals surface area contributed by atoms with E-state index in [4.69, 9.17) is 9.84 Å². The third-order valence-electron chi connectivity index (χ3n) is 3.96. The number of rotatable bonds is 6. The Balaban J connectivity index is 2.08. The van der Waals surface area contributed by atoms with Crippen molar-refractivity contribution >= 4 is 31.9 Å². The third-order valence-corrected chi connectivity index (χ3v) is 5.14. The van der Waals surface area contributed by atoms with E-state index in [1.54, 1.807) is 0 Å². The fraction of sp³-hybridized carbons (Fsp3) is 0.143. The average molecular weight is 462 g/mol. The smallest absolute Gasteiger partial charge is 0.147 e. The van der Waals surface area contributed by atoms with Crippen LogP contribution in [-0.2, 0) is 0 Å². The summed E-state index contributed by atoms with van der Waals surface area (Å²) >= 11 is 7.21. The van der Waals surface area contributed by atoms with Gasteiger partial charge in [-0.1, -0.05) is 60.7 Å². The van der Waals surface area contributed by atoms with Crippen LogP contribution in [0.25, 0.3) is 0 Å². The van der Waals surface area contributed by atoms with Crippen LogP contribution in [-0.4, -0.2) is 18.3 Å². The molecule has 3 rings (SSSR count). The third kappa shape index (κ3) is 4.32. The Labute approximate surface area is 164 Å². The molecule has 0 saturated carbocycles. The van der Waals surface area contributed by atoms with Gasteiger partial charge in [-0.15, -0.1) is 0 Å². The van der Waals surface area contributed by atoms with E-state index in [1.165, 1.54) is 11.1 Å². The van der Waals surface area contributed by atoms with Crippen molar-refractivity contribution < 1.29 is 9.84 Å². The van der Waals surface area contributed by atoms with Crippen LogP contribution in [0.3, 0.4) is 0 Å². The fourth-order valence-corrected chi connectivity index (χ4v) is 4.35. The van der Waals surface area contributed by atoms with E-state index in [0.29, 0.717) is 5.75 Å². The molecule has 0 fully saturated rings. The summed E-state index contributed by atoms with van der Waals surface area (Å²) in [4.78, 5) is 0. The first kappa shape index (κ1) is 18.2. The molecule has 4 heteroatoms. The zero-order valence-electron chi connectivity index (χ0n) is 13.5. The zero-order chi connectivity index (χ0) is 17.6. The maximum Gasteiger partial charge on any atom is 0.147 e. The van der Waals surface area contributed by atoms with Crippen molar-refractivity contribution in [1.29, 1.82) is 0 Å². The van der Waals surface area contributed by atoms with Crippen molar-refractivity contribution in [2.75, 3.05) is 13.2 Å². The molecule has 0 aromatic heterocycles. The van der Waals surface area contributed by atoms with E-state index in [9.17, 15) is 0 Å². The minimum atomic E-state index is -0.0166.